The Labute approximate surface area is 241 Å². The standard InChI is InChI=1S/C18H26O19.Ca/c19-1-2(20)10(13(26)27)36-17(6(1)24)35-9-4(22)7(25)18(37-12(9)15(30)31)34-8-3(21)5(23)16(32)33-11(8)14(28)29;/h1-12,16-25,32H,(H,26,27)(H,28,29)(H,30,31);/q;+2/p-2. The zero-order chi connectivity index (χ0) is 27.9. The van der Waals surface area contributed by atoms with Gasteiger partial charge in [-0.05, 0) is 0 Å². The van der Waals surface area contributed by atoms with Crippen molar-refractivity contribution in [3.63, 3.8) is 0 Å². The van der Waals surface area contributed by atoms with Crippen molar-refractivity contribution >= 4 is 55.6 Å². The smallest absolute Gasteiger partial charge is 0.547 e. The molecular formula is C18H24CaO19. The summed E-state index contributed by atoms with van der Waals surface area (Å²) in [7, 11) is 0. The van der Waals surface area contributed by atoms with E-state index in [-0.39, 0.29) is 37.7 Å². The number of carbonyl (C=O) groups is 3. The van der Waals surface area contributed by atoms with Crippen LogP contribution >= 0.6 is 0 Å². The maximum absolute atomic E-state index is 11.8. The Balaban J connectivity index is 0.00000507. The summed E-state index contributed by atoms with van der Waals surface area (Å²) in [6, 6.07) is 0. The number of aliphatic hydroxyl groups excluding tert-OH is 8. The minimum Gasteiger partial charge on any atom is -0.547 e. The van der Waals surface area contributed by atoms with E-state index in [0.29, 0.717) is 0 Å². The van der Waals surface area contributed by atoms with Crippen molar-refractivity contribution in [1.82, 2.24) is 0 Å². The van der Waals surface area contributed by atoms with Gasteiger partial charge in [0.2, 0.25) is 0 Å². The molecule has 3 fully saturated rings. The Morgan fingerprint density at radius 3 is 1.45 bits per heavy atom. The fourth-order valence-electron chi connectivity index (χ4n) is 3.96. The van der Waals surface area contributed by atoms with Gasteiger partial charge in [-0.3, -0.25) is 0 Å². The van der Waals surface area contributed by atoms with Crippen LogP contribution in [0.5, 0.6) is 0 Å². The molecule has 0 aromatic rings. The number of aliphatic carboxylic acids is 3. The SMILES string of the molecule is O=C([O-])C1OC(OC2C(C(=O)O)OC(OC3C(C(=O)[O-])OC(O)C(O)C3O)C(O)C2O)C(O)C(O)C1O.[Ca+2]. The van der Waals surface area contributed by atoms with Crippen LogP contribution in [0.25, 0.3) is 0 Å². The van der Waals surface area contributed by atoms with Crippen molar-refractivity contribution < 1.29 is 94.2 Å². The molecule has 3 heterocycles. The Kier molecular flexibility index (Phi) is 11.6. The van der Waals surface area contributed by atoms with Gasteiger partial charge < -0.3 is 89.4 Å². The summed E-state index contributed by atoms with van der Waals surface area (Å²) in [5, 5.41) is 112. The maximum Gasteiger partial charge on any atom is 2.00 e. The van der Waals surface area contributed by atoms with Crippen LogP contribution in [-0.4, -0.2) is 194 Å². The summed E-state index contributed by atoms with van der Waals surface area (Å²) >= 11 is 0. The van der Waals surface area contributed by atoms with Crippen LogP contribution in [0.3, 0.4) is 0 Å². The van der Waals surface area contributed by atoms with Crippen LogP contribution in [0.15, 0.2) is 0 Å². The molecule has 0 radical (unpaired) electrons. The molecule has 3 saturated heterocycles. The van der Waals surface area contributed by atoms with Crippen molar-refractivity contribution in [2.75, 3.05) is 0 Å². The van der Waals surface area contributed by atoms with E-state index < -0.39 is 110 Å². The second-order valence-electron chi connectivity index (χ2n) is 8.41. The van der Waals surface area contributed by atoms with Crippen molar-refractivity contribution in [3.05, 3.63) is 0 Å². The zero-order valence-electron chi connectivity index (χ0n) is 19.0. The first-order chi connectivity index (χ1) is 17.2. The van der Waals surface area contributed by atoms with Crippen molar-refractivity contribution in [3.8, 4) is 0 Å². The van der Waals surface area contributed by atoms with E-state index in [0.717, 1.165) is 0 Å². The summed E-state index contributed by atoms with van der Waals surface area (Å²) in [5.41, 5.74) is 0. The molecule has 0 amide bonds. The molecule has 3 rings (SSSR count). The molecule has 3 aliphatic rings. The van der Waals surface area contributed by atoms with Crippen molar-refractivity contribution in [1.29, 1.82) is 0 Å². The molecule has 0 saturated carbocycles. The first-order valence-electron chi connectivity index (χ1n) is 10.5. The zero-order valence-corrected chi connectivity index (χ0v) is 21.2. The molecule has 38 heavy (non-hydrogen) atoms. The molecule has 15 atom stereocenters. The average molecular weight is 584 g/mol. The minimum absolute atomic E-state index is 0. The van der Waals surface area contributed by atoms with E-state index in [2.05, 4.69) is 4.74 Å². The van der Waals surface area contributed by atoms with Crippen LogP contribution in [0, 0.1) is 0 Å². The molecule has 0 spiro atoms. The minimum atomic E-state index is -2.32. The number of carbonyl (C=O) groups excluding carboxylic acids is 2. The topological polar surface area (TPSA) is 326 Å². The summed E-state index contributed by atoms with van der Waals surface area (Å²) < 4.78 is 24.6. The Bertz CT molecular complexity index is 860. The number of hydrogen-bond donors (Lipinski definition) is 9. The third kappa shape index (κ3) is 6.54. The molecule has 9 N–H and O–H groups in total. The van der Waals surface area contributed by atoms with Gasteiger partial charge in [-0.1, -0.05) is 0 Å². The third-order valence-electron chi connectivity index (χ3n) is 5.97. The number of rotatable bonds is 7. The van der Waals surface area contributed by atoms with Crippen LogP contribution in [-0.2, 0) is 38.1 Å². The molecule has 0 aromatic heterocycles. The first kappa shape index (κ1) is 33.4. The van der Waals surface area contributed by atoms with E-state index in [1.165, 1.54) is 0 Å². The number of carboxylic acids is 3. The number of hydrogen-bond acceptors (Lipinski definition) is 18. The molecule has 19 nitrogen and oxygen atoms in total. The molecule has 212 valence electrons. The Hall–Kier alpha value is -0.850. The van der Waals surface area contributed by atoms with Crippen LogP contribution in [0.2, 0.25) is 0 Å². The number of ether oxygens (including phenoxy) is 5. The normalized spacial score (nSPS) is 47.5. The number of carboxylic acid groups (broad SMARTS) is 3. The molecule has 15 unspecified atom stereocenters. The maximum atomic E-state index is 11.8. The van der Waals surface area contributed by atoms with Gasteiger partial charge in [0.05, 0.1) is 11.9 Å². The van der Waals surface area contributed by atoms with E-state index in [1.807, 2.05) is 0 Å². The summed E-state index contributed by atoms with van der Waals surface area (Å²) in [5.74, 6) is -6.00. The van der Waals surface area contributed by atoms with Gasteiger partial charge in [0.25, 0.3) is 0 Å². The fraction of sp³-hybridized carbons (Fsp3) is 0.833. The summed E-state index contributed by atoms with van der Waals surface area (Å²) in [4.78, 5) is 34.3. The van der Waals surface area contributed by atoms with Gasteiger partial charge in [-0.2, -0.15) is 0 Å². The van der Waals surface area contributed by atoms with Gasteiger partial charge in [-0.25, -0.2) is 4.79 Å². The predicted molar refractivity (Wildman–Crippen MR) is 103 cm³/mol. The van der Waals surface area contributed by atoms with E-state index >= 15 is 0 Å². The van der Waals surface area contributed by atoms with Gasteiger partial charge in [0.1, 0.15) is 67.1 Å². The quantitative estimate of drug-likeness (QED) is 0.125. The second-order valence-corrected chi connectivity index (χ2v) is 8.41. The van der Waals surface area contributed by atoms with Gasteiger partial charge >= 0.3 is 43.7 Å². The monoisotopic (exact) mass is 584 g/mol. The van der Waals surface area contributed by atoms with Gasteiger partial charge in [0.15, 0.2) is 25.0 Å². The molecule has 3 aliphatic heterocycles. The van der Waals surface area contributed by atoms with Crippen LogP contribution in [0.4, 0.5) is 0 Å². The Morgan fingerprint density at radius 2 is 0.974 bits per heavy atom. The first-order valence-corrected chi connectivity index (χ1v) is 10.5. The molecular weight excluding hydrogens is 560 g/mol. The largest absolute Gasteiger partial charge is 2.00 e. The van der Waals surface area contributed by atoms with Crippen LogP contribution in [0.1, 0.15) is 0 Å². The third-order valence-corrected chi connectivity index (χ3v) is 5.97. The molecule has 0 bridgehead atoms. The van der Waals surface area contributed by atoms with Gasteiger partial charge in [0, 0.05) is 0 Å². The van der Waals surface area contributed by atoms with Crippen molar-refractivity contribution in [2.45, 2.75) is 92.1 Å². The van der Waals surface area contributed by atoms with Gasteiger partial charge in [-0.15, -0.1) is 0 Å². The molecule has 0 aromatic carbocycles. The van der Waals surface area contributed by atoms with E-state index in [4.69, 9.17) is 18.9 Å². The second kappa shape index (κ2) is 13.2. The summed E-state index contributed by atoms with van der Waals surface area (Å²) in [6.07, 6.45) is -33.3. The number of aliphatic hydroxyl groups is 8. The Morgan fingerprint density at radius 1 is 0.553 bits per heavy atom. The molecule has 0 aliphatic carbocycles. The summed E-state index contributed by atoms with van der Waals surface area (Å²) in [6.45, 7) is 0. The van der Waals surface area contributed by atoms with E-state index in [1.54, 1.807) is 0 Å². The average Bonchev–Trinajstić information content (AvgIpc) is 2.82. The van der Waals surface area contributed by atoms with Crippen LogP contribution < -0.4 is 10.2 Å². The fourth-order valence-corrected chi connectivity index (χ4v) is 3.96. The van der Waals surface area contributed by atoms with E-state index in [9.17, 15) is 70.6 Å². The van der Waals surface area contributed by atoms with Crippen molar-refractivity contribution in [2.24, 2.45) is 0 Å². The molecule has 20 heteroatoms. The predicted octanol–water partition coefficient (Wildman–Crippen LogP) is -10.3.